The first-order chi connectivity index (χ1) is 14.3. The number of ether oxygens (including phenoxy) is 1. The zero-order valence-electron chi connectivity index (χ0n) is 17.1. The Morgan fingerprint density at radius 1 is 1.14 bits per heavy atom. The van der Waals surface area contributed by atoms with Gasteiger partial charge in [-0.2, -0.15) is 0 Å². The minimum absolute atomic E-state index is 0.352. The van der Waals surface area contributed by atoms with Gasteiger partial charge in [-0.15, -0.1) is 0 Å². The Labute approximate surface area is 172 Å². The number of likely N-dealkylation sites (tertiary alicyclic amines) is 1. The zero-order valence-corrected chi connectivity index (χ0v) is 17.1. The van der Waals surface area contributed by atoms with Crippen LogP contribution in [0, 0.1) is 0 Å². The van der Waals surface area contributed by atoms with E-state index in [1.54, 1.807) is 7.11 Å². The average Bonchev–Trinajstić information content (AvgIpc) is 3.22. The predicted molar refractivity (Wildman–Crippen MR) is 116 cm³/mol. The SMILES string of the molecule is CNc1ncccc1CN1CCC[C@H]1c1cccc(Cc2cccc(OC)c2)n1. The lowest BCUT2D eigenvalue weighted by atomic mass is 10.1. The van der Waals surface area contributed by atoms with Crippen molar-refractivity contribution in [1.82, 2.24) is 14.9 Å². The molecule has 3 aromatic rings. The molecule has 0 bridgehead atoms. The molecule has 1 atom stereocenters. The summed E-state index contributed by atoms with van der Waals surface area (Å²) in [5.41, 5.74) is 4.71. The van der Waals surface area contributed by atoms with Crippen molar-refractivity contribution in [2.75, 3.05) is 26.0 Å². The monoisotopic (exact) mass is 388 g/mol. The summed E-state index contributed by atoms with van der Waals surface area (Å²) >= 11 is 0. The van der Waals surface area contributed by atoms with Gasteiger partial charge in [-0.25, -0.2) is 4.98 Å². The Bertz CT molecular complexity index is 959. The molecule has 2 aromatic heterocycles. The molecular formula is C24H28N4O. The number of aromatic nitrogens is 2. The van der Waals surface area contributed by atoms with Crippen LogP contribution in [-0.2, 0) is 13.0 Å². The second-order valence-electron chi connectivity index (χ2n) is 7.47. The maximum absolute atomic E-state index is 5.35. The molecule has 5 nitrogen and oxygen atoms in total. The molecule has 1 saturated heterocycles. The fraction of sp³-hybridized carbons (Fsp3) is 0.333. The van der Waals surface area contributed by atoms with Gasteiger partial charge in [-0.05, 0) is 55.3 Å². The van der Waals surface area contributed by atoms with Crippen molar-refractivity contribution < 1.29 is 4.74 Å². The molecule has 0 amide bonds. The summed E-state index contributed by atoms with van der Waals surface area (Å²) in [6, 6.07) is 19.1. The van der Waals surface area contributed by atoms with Gasteiger partial charge in [0, 0.05) is 37.5 Å². The highest BCUT2D eigenvalue weighted by molar-refractivity contribution is 5.43. The number of benzene rings is 1. The summed E-state index contributed by atoms with van der Waals surface area (Å²) in [6.45, 7) is 1.97. The van der Waals surface area contributed by atoms with E-state index < -0.39 is 0 Å². The zero-order chi connectivity index (χ0) is 20.1. The van der Waals surface area contributed by atoms with Gasteiger partial charge in [-0.1, -0.05) is 24.3 Å². The summed E-state index contributed by atoms with van der Waals surface area (Å²) in [5, 5.41) is 3.21. The van der Waals surface area contributed by atoms with E-state index in [1.165, 1.54) is 17.5 Å². The number of anilines is 1. The number of nitrogens with zero attached hydrogens (tertiary/aromatic N) is 3. The van der Waals surface area contributed by atoms with Crippen molar-refractivity contribution in [3.8, 4) is 5.75 Å². The molecule has 0 radical (unpaired) electrons. The van der Waals surface area contributed by atoms with E-state index in [1.807, 2.05) is 31.4 Å². The highest BCUT2D eigenvalue weighted by Crippen LogP contribution is 2.33. The van der Waals surface area contributed by atoms with Gasteiger partial charge in [0.2, 0.25) is 0 Å². The summed E-state index contributed by atoms with van der Waals surface area (Å²) < 4.78 is 5.35. The second kappa shape index (κ2) is 9.05. The minimum Gasteiger partial charge on any atom is -0.497 e. The highest BCUT2D eigenvalue weighted by atomic mass is 16.5. The Kier molecular flexibility index (Phi) is 6.06. The molecule has 1 fully saturated rings. The molecule has 0 saturated carbocycles. The first-order valence-corrected chi connectivity index (χ1v) is 10.2. The lowest BCUT2D eigenvalue weighted by Crippen LogP contribution is -2.24. The Morgan fingerprint density at radius 3 is 2.90 bits per heavy atom. The lowest BCUT2D eigenvalue weighted by Gasteiger charge is -2.25. The van der Waals surface area contributed by atoms with Crippen LogP contribution in [-0.4, -0.2) is 35.6 Å². The van der Waals surface area contributed by atoms with Gasteiger partial charge in [0.15, 0.2) is 0 Å². The third-order valence-corrected chi connectivity index (χ3v) is 5.55. The van der Waals surface area contributed by atoms with Crippen LogP contribution in [0.25, 0.3) is 0 Å². The van der Waals surface area contributed by atoms with Gasteiger partial charge in [0.1, 0.15) is 11.6 Å². The fourth-order valence-corrected chi connectivity index (χ4v) is 4.13. The van der Waals surface area contributed by atoms with E-state index in [-0.39, 0.29) is 0 Å². The quantitative estimate of drug-likeness (QED) is 0.648. The van der Waals surface area contributed by atoms with Crippen LogP contribution in [0.1, 0.15) is 41.4 Å². The van der Waals surface area contributed by atoms with Crippen LogP contribution in [0.2, 0.25) is 0 Å². The average molecular weight is 389 g/mol. The maximum Gasteiger partial charge on any atom is 0.130 e. The third-order valence-electron chi connectivity index (χ3n) is 5.55. The van der Waals surface area contributed by atoms with E-state index >= 15 is 0 Å². The number of hydrogen-bond acceptors (Lipinski definition) is 5. The van der Waals surface area contributed by atoms with Gasteiger partial charge in [0.05, 0.1) is 18.8 Å². The molecule has 0 aliphatic carbocycles. The van der Waals surface area contributed by atoms with Crippen molar-refractivity contribution in [3.05, 3.63) is 83.3 Å². The molecule has 4 rings (SSSR count). The summed E-state index contributed by atoms with van der Waals surface area (Å²) in [4.78, 5) is 12.0. The van der Waals surface area contributed by atoms with Crippen molar-refractivity contribution in [3.63, 3.8) is 0 Å². The number of pyridine rings is 2. The predicted octanol–water partition coefficient (Wildman–Crippen LogP) is 4.45. The molecule has 3 heterocycles. The Hall–Kier alpha value is -2.92. The van der Waals surface area contributed by atoms with Gasteiger partial charge >= 0.3 is 0 Å². The van der Waals surface area contributed by atoms with Crippen molar-refractivity contribution >= 4 is 5.82 Å². The minimum atomic E-state index is 0.352. The first kappa shape index (κ1) is 19.4. The Morgan fingerprint density at radius 2 is 2.03 bits per heavy atom. The van der Waals surface area contributed by atoms with Crippen molar-refractivity contribution in [1.29, 1.82) is 0 Å². The molecular weight excluding hydrogens is 360 g/mol. The molecule has 1 aliphatic rings. The summed E-state index contributed by atoms with van der Waals surface area (Å²) in [5.74, 6) is 1.84. The molecule has 150 valence electrons. The molecule has 1 N–H and O–H groups in total. The van der Waals surface area contributed by atoms with E-state index in [4.69, 9.17) is 9.72 Å². The normalized spacial score (nSPS) is 16.7. The molecule has 5 heteroatoms. The fourth-order valence-electron chi connectivity index (χ4n) is 4.13. The molecule has 29 heavy (non-hydrogen) atoms. The summed E-state index contributed by atoms with van der Waals surface area (Å²) in [7, 11) is 3.63. The maximum atomic E-state index is 5.35. The van der Waals surface area contributed by atoms with Crippen LogP contribution >= 0.6 is 0 Å². The third kappa shape index (κ3) is 4.57. The van der Waals surface area contributed by atoms with E-state index in [0.717, 1.165) is 48.9 Å². The van der Waals surface area contributed by atoms with Crippen LogP contribution in [0.15, 0.2) is 60.8 Å². The van der Waals surface area contributed by atoms with Gasteiger partial charge in [-0.3, -0.25) is 9.88 Å². The lowest BCUT2D eigenvalue weighted by molar-refractivity contribution is 0.244. The number of nitrogens with one attached hydrogen (secondary N) is 1. The largest absolute Gasteiger partial charge is 0.497 e. The second-order valence-corrected chi connectivity index (χ2v) is 7.47. The van der Waals surface area contributed by atoms with Crippen molar-refractivity contribution in [2.45, 2.75) is 31.8 Å². The summed E-state index contributed by atoms with van der Waals surface area (Å²) in [6.07, 6.45) is 4.98. The van der Waals surface area contributed by atoms with Gasteiger partial charge in [0.25, 0.3) is 0 Å². The molecule has 0 spiro atoms. The molecule has 0 unspecified atom stereocenters. The number of methoxy groups -OCH3 is 1. The van der Waals surface area contributed by atoms with Crippen LogP contribution in [0.5, 0.6) is 5.75 Å². The number of hydrogen-bond donors (Lipinski definition) is 1. The molecule has 1 aliphatic heterocycles. The van der Waals surface area contributed by atoms with Crippen LogP contribution < -0.4 is 10.1 Å². The smallest absolute Gasteiger partial charge is 0.130 e. The van der Waals surface area contributed by atoms with Crippen LogP contribution in [0.3, 0.4) is 0 Å². The van der Waals surface area contributed by atoms with E-state index in [0.29, 0.717) is 6.04 Å². The molecule has 1 aromatic carbocycles. The Balaban J connectivity index is 1.52. The van der Waals surface area contributed by atoms with Crippen molar-refractivity contribution in [2.24, 2.45) is 0 Å². The van der Waals surface area contributed by atoms with Gasteiger partial charge < -0.3 is 10.1 Å². The van der Waals surface area contributed by atoms with Crippen LogP contribution in [0.4, 0.5) is 5.82 Å². The van der Waals surface area contributed by atoms with E-state index in [2.05, 4.69) is 51.6 Å². The highest BCUT2D eigenvalue weighted by Gasteiger charge is 2.27. The number of rotatable bonds is 7. The van der Waals surface area contributed by atoms with E-state index in [9.17, 15) is 0 Å². The standard InChI is InChI=1S/C24H28N4O/c1-25-24-19(8-5-13-26-24)17-28-14-6-12-23(28)22-11-4-9-20(27-22)15-18-7-3-10-21(16-18)29-2/h3-5,7-11,13,16,23H,6,12,14-15,17H2,1-2H3,(H,25,26)/t23-/m0/s1. The topological polar surface area (TPSA) is 50.3 Å². The first-order valence-electron chi connectivity index (χ1n) is 10.2.